The Hall–Kier alpha value is -3.85. The molecule has 0 saturated heterocycles. The number of hydrogen-bond acceptors (Lipinski definition) is 3. The van der Waals surface area contributed by atoms with Gasteiger partial charge in [-0.25, -0.2) is 4.98 Å². The SMILES string of the molecule is COc1ccc2cc3c4ccccc4c4ccc5cccc6nc(c2c1)N3c4c56. The van der Waals surface area contributed by atoms with Crippen LogP contribution in [-0.4, -0.2) is 12.1 Å². The molecular weight excluding hydrogens is 356 g/mol. The van der Waals surface area contributed by atoms with Gasteiger partial charge in [-0.1, -0.05) is 54.6 Å². The Morgan fingerprint density at radius 1 is 0.724 bits per heavy atom. The molecule has 4 aromatic carbocycles. The van der Waals surface area contributed by atoms with Crippen LogP contribution in [0.15, 0.2) is 78.9 Å². The minimum Gasteiger partial charge on any atom is -0.497 e. The van der Waals surface area contributed by atoms with Crippen LogP contribution in [0.3, 0.4) is 0 Å². The molecule has 3 heteroatoms. The topological polar surface area (TPSA) is 25.4 Å². The van der Waals surface area contributed by atoms with Gasteiger partial charge in [0.2, 0.25) is 0 Å². The van der Waals surface area contributed by atoms with Crippen LogP contribution in [0.1, 0.15) is 0 Å². The molecule has 0 N–H and O–H groups in total. The van der Waals surface area contributed by atoms with Gasteiger partial charge in [-0.3, -0.25) is 4.90 Å². The van der Waals surface area contributed by atoms with E-state index in [1.165, 1.54) is 43.7 Å². The Bertz CT molecular complexity index is 1600. The van der Waals surface area contributed by atoms with Crippen LogP contribution in [0.5, 0.6) is 5.75 Å². The van der Waals surface area contributed by atoms with Crippen LogP contribution in [0.4, 0.5) is 17.2 Å². The summed E-state index contributed by atoms with van der Waals surface area (Å²) in [6.45, 7) is 0. The number of nitrogens with zero attached hydrogens (tertiary/aromatic N) is 2. The molecule has 0 unspecified atom stereocenters. The van der Waals surface area contributed by atoms with Crippen LogP contribution in [0.25, 0.3) is 43.2 Å². The van der Waals surface area contributed by atoms with Gasteiger partial charge in [0.25, 0.3) is 0 Å². The normalized spacial score (nSPS) is 12.9. The molecule has 0 bridgehead atoms. The summed E-state index contributed by atoms with van der Waals surface area (Å²) in [5.74, 6) is 1.82. The van der Waals surface area contributed by atoms with E-state index in [1.54, 1.807) is 7.11 Å². The molecule has 136 valence electrons. The molecule has 7 rings (SSSR count). The quantitative estimate of drug-likeness (QED) is 0.313. The van der Waals surface area contributed by atoms with Crippen molar-refractivity contribution in [2.45, 2.75) is 0 Å². The van der Waals surface area contributed by atoms with Crippen LogP contribution in [0, 0.1) is 0 Å². The molecular formula is C26H16N2O. The van der Waals surface area contributed by atoms with Crippen molar-refractivity contribution in [2.75, 3.05) is 12.0 Å². The predicted octanol–water partition coefficient (Wildman–Crippen LogP) is 6.92. The third-order valence-electron chi connectivity index (χ3n) is 6.19. The number of hydrogen-bond donors (Lipinski definition) is 0. The standard InChI is InChI=1S/C26H16N2O/c1-29-17-11-9-16-13-23-19-7-3-2-6-18(19)20-12-10-15-5-4-8-22-24(15)25(20)28(23)26(27-22)21(16)14-17/h2-14H,1H3. The second-order valence-corrected chi connectivity index (χ2v) is 7.64. The van der Waals surface area contributed by atoms with E-state index < -0.39 is 0 Å². The van der Waals surface area contributed by atoms with Crippen LogP contribution >= 0.6 is 0 Å². The lowest BCUT2D eigenvalue weighted by molar-refractivity contribution is 0.415. The van der Waals surface area contributed by atoms with E-state index in [2.05, 4.69) is 77.7 Å². The fourth-order valence-corrected chi connectivity index (χ4v) is 4.90. The van der Waals surface area contributed by atoms with E-state index in [1.807, 2.05) is 6.07 Å². The molecule has 0 aliphatic carbocycles. The second kappa shape index (κ2) is 5.15. The molecule has 3 heterocycles. The van der Waals surface area contributed by atoms with Crippen molar-refractivity contribution in [2.24, 2.45) is 0 Å². The first-order valence-electron chi connectivity index (χ1n) is 9.78. The smallest absolute Gasteiger partial charge is 0.146 e. The first-order chi connectivity index (χ1) is 14.3. The second-order valence-electron chi connectivity index (χ2n) is 7.64. The molecule has 0 radical (unpaired) electrons. The Labute approximate surface area is 167 Å². The summed E-state index contributed by atoms with van der Waals surface area (Å²) in [4.78, 5) is 7.49. The van der Waals surface area contributed by atoms with E-state index in [9.17, 15) is 0 Å². The maximum absolute atomic E-state index is 5.51. The van der Waals surface area contributed by atoms with E-state index in [0.717, 1.165) is 22.5 Å². The number of fused-ring (bicyclic) bond motifs is 5. The predicted molar refractivity (Wildman–Crippen MR) is 120 cm³/mol. The number of rotatable bonds is 1. The number of anilines is 3. The number of ether oxygens (including phenoxy) is 1. The molecule has 0 amide bonds. The molecule has 0 atom stereocenters. The highest BCUT2D eigenvalue weighted by Crippen LogP contribution is 2.53. The third kappa shape index (κ3) is 1.80. The van der Waals surface area contributed by atoms with Crippen molar-refractivity contribution < 1.29 is 4.74 Å². The van der Waals surface area contributed by atoms with Crippen molar-refractivity contribution in [3.8, 4) is 5.75 Å². The summed E-state index contributed by atoms with van der Waals surface area (Å²) in [5, 5.41) is 8.49. The molecule has 4 aromatic rings. The van der Waals surface area contributed by atoms with E-state index >= 15 is 0 Å². The zero-order valence-corrected chi connectivity index (χ0v) is 15.8. The third-order valence-corrected chi connectivity index (χ3v) is 6.19. The van der Waals surface area contributed by atoms with Crippen molar-refractivity contribution >= 4 is 60.4 Å². The van der Waals surface area contributed by atoms with Gasteiger partial charge >= 0.3 is 0 Å². The van der Waals surface area contributed by atoms with E-state index in [-0.39, 0.29) is 0 Å². The molecule has 29 heavy (non-hydrogen) atoms. The molecule has 0 fully saturated rings. The summed E-state index contributed by atoms with van der Waals surface area (Å²) in [6.07, 6.45) is 0. The highest BCUT2D eigenvalue weighted by molar-refractivity contribution is 6.27. The molecule has 3 aliphatic rings. The molecule has 3 aliphatic heterocycles. The van der Waals surface area contributed by atoms with E-state index in [4.69, 9.17) is 9.72 Å². The molecule has 0 saturated carbocycles. The Morgan fingerprint density at radius 3 is 2.48 bits per heavy atom. The highest BCUT2D eigenvalue weighted by Gasteiger charge is 2.30. The van der Waals surface area contributed by atoms with Crippen LogP contribution in [-0.2, 0) is 0 Å². The lowest BCUT2D eigenvalue weighted by atomic mass is 9.93. The molecule has 0 aromatic heterocycles. The van der Waals surface area contributed by atoms with Gasteiger partial charge in [0.1, 0.15) is 11.6 Å². The summed E-state index contributed by atoms with van der Waals surface area (Å²) < 4.78 is 5.51. The van der Waals surface area contributed by atoms with Gasteiger partial charge in [0.15, 0.2) is 0 Å². The maximum atomic E-state index is 5.51. The summed E-state index contributed by atoms with van der Waals surface area (Å²) >= 11 is 0. The zero-order chi connectivity index (χ0) is 19.1. The lowest BCUT2D eigenvalue weighted by Crippen LogP contribution is -2.18. The first kappa shape index (κ1) is 15.1. The van der Waals surface area contributed by atoms with Gasteiger partial charge < -0.3 is 4.74 Å². The van der Waals surface area contributed by atoms with Crippen molar-refractivity contribution in [3.63, 3.8) is 0 Å². The Morgan fingerprint density at radius 2 is 1.59 bits per heavy atom. The lowest BCUT2D eigenvalue weighted by Gasteiger charge is -2.35. The van der Waals surface area contributed by atoms with Crippen LogP contribution < -0.4 is 9.64 Å². The summed E-state index contributed by atoms with van der Waals surface area (Å²) in [5.41, 5.74) is 3.45. The average molecular weight is 372 g/mol. The fraction of sp³-hybridized carbons (Fsp3) is 0.0385. The van der Waals surface area contributed by atoms with Crippen molar-refractivity contribution in [1.82, 2.24) is 4.98 Å². The molecule has 3 nitrogen and oxygen atoms in total. The number of benzene rings is 4. The molecule has 0 spiro atoms. The van der Waals surface area contributed by atoms with Crippen molar-refractivity contribution in [3.05, 3.63) is 78.9 Å². The summed E-state index contributed by atoms with van der Waals surface area (Å²) in [7, 11) is 1.71. The minimum atomic E-state index is 0.845. The Kier molecular flexibility index (Phi) is 2.68. The van der Waals surface area contributed by atoms with Gasteiger partial charge in [-0.15, -0.1) is 0 Å². The minimum absolute atomic E-state index is 0.845. The van der Waals surface area contributed by atoms with E-state index in [0.29, 0.717) is 0 Å². The zero-order valence-electron chi connectivity index (χ0n) is 15.8. The highest BCUT2D eigenvalue weighted by atomic mass is 16.5. The van der Waals surface area contributed by atoms with Crippen molar-refractivity contribution in [1.29, 1.82) is 0 Å². The summed E-state index contributed by atoms with van der Waals surface area (Å²) in [6, 6.07) is 28.0. The van der Waals surface area contributed by atoms with Gasteiger partial charge in [-0.2, -0.15) is 0 Å². The Balaban J connectivity index is 1.85. The monoisotopic (exact) mass is 372 g/mol. The van der Waals surface area contributed by atoms with Crippen LogP contribution in [0.2, 0.25) is 0 Å². The first-order valence-corrected chi connectivity index (χ1v) is 9.78. The van der Waals surface area contributed by atoms with Gasteiger partial charge in [-0.05, 0) is 40.4 Å². The number of aromatic nitrogens is 1. The van der Waals surface area contributed by atoms with Gasteiger partial charge in [0.05, 0.1) is 24.0 Å². The number of methoxy groups -OCH3 is 1. The maximum Gasteiger partial charge on any atom is 0.146 e. The average Bonchev–Trinajstić information content (AvgIpc) is 2.78. The largest absolute Gasteiger partial charge is 0.497 e. The van der Waals surface area contributed by atoms with Gasteiger partial charge in [0, 0.05) is 21.5 Å². The fourth-order valence-electron chi connectivity index (χ4n) is 4.90.